The molecule has 0 unspecified atom stereocenters. The number of amides is 4. The van der Waals surface area contributed by atoms with Gasteiger partial charge in [0.05, 0.1) is 22.5 Å². The zero-order valence-electron chi connectivity index (χ0n) is 17.9. The molecular weight excluding hydrogens is 478 g/mol. The molecule has 3 aromatic rings. The van der Waals surface area contributed by atoms with Crippen LogP contribution in [0.3, 0.4) is 0 Å². The number of hydrogen-bond acceptors (Lipinski definition) is 2. The van der Waals surface area contributed by atoms with Gasteiger partial charge in [-0.1, -0.05) is 30.3 Å². The lowest BCUT2D eigenvalue weighted by Gasteiger charge is -2.16. The Labute approximate surface area is 195 Å². The lowest BCUT2D eigenvalue weighted by Crippen LogP contribution is -2.23. The number of halogens is 6. The summed E-state index contributed by atoms with van der Waals surface area (Å²) in [4.78, 5) is 24.6. The Bertz CT molecular complexity index is 1240. The molecule has 0 heterocycles. The first-order chi connectivity index (χ1) is 16.3. The van der Waals surface area contributed by atoms with Crippen LogP contribution < -0.4 is 21.3 Å². The molecule has 0 aromatic heterocycles. The van der Waals surface area contributed by atoms with Crippen LogP contribution in [0.15, 0.2) is 66.7 Å². The van der Waals surface area contributed by atoms with Crippen molar-refractivity contribution in [1.29, 1.82) is 0 Å². The summed E-state index contributed by atoms with van der Waals surface area (Å²) >= 11 is 0. The van der Waals surface area contributed by atoms with Crippen molar-refractivity contribution < 1.29 is 35.9 Å². The summed E-state index contributed by atoms with van der Waals surface area (Å²) in [5.74, 6) is 0. The van der Waals surface area contributed by atoms with Gasteiger partial charge >= 0.3 is 24.4 Å². The van der Waals surface area contributed by atoms with Gasteiger partial charge in [-0.3, -0.25) is 0 Å². The second kappa shape index (κ2) is 9.95. The monoisotopic (exact) mass is 496 g/mol. The quantitative estimate of drug-likeness (QED) is 0.286. The molecule has 0 spiro atoms. The number of aryl methyl sites for hydroxylation is 1. The van der Waals surface area contributed by atoms with Gasteiger partial charge < -0.3 is 21.3 Å². The van der Waals surface area contributed by atoms with Crippen LogP contribution in [0.4, 0.5) is 58.7 Å². The number of hydrogen-bond donors (Lipinski definition) is 4. The van der Waals surface area contributed by atoms with E-state index in [1.54, 1.807) is 6.92 Å². The van der Waals surface area contributed by atoms with Gasteiger partial charge in [-0.15, -0.1) is 0 Å². The normalized spacial score (nSPS) is 11.5. The van der Waals surface area contributed by atoms with Gasteiger partial charge in [0.25, 0.3) is 0 Å². The lowest BCUT2D eigenvalue weighted by molar-refractivity contribution is -0.137. The Morgan fingerprint density at radius 2 is 1.03 bits per heavy atom. The fraction of sp³-hybridized carbons (Fsp3) is 0.130. The van der Waals surface area contributed by atoms with E-state index in [4.69, 9.17) is 0 Å². The predicted molar refractivity (Wildman–Crippen MR) is 119 cm³/mol. The summed E-state index contributed by atoms with van der Waals surface area (Å²) in [6, 6.07) is 11.1. The molecule has 0 saturated carbocycles. The first-order valence-electron chi connectivity index (χ1n) is 9.93. The fourth-order valence-corrected chi connectivity index (χ4v) is 3.07. The zero-order chi connectivity index (χ0) is 25.8. The summed E-state index contributed by atoms with van der Waals surface area (Å²) in [5.41, 5.74) is -2.19. The van der Waals surface area contributed by atoms with E-state index in [9.17, 15) is 35.9 Å². The number of carbonyl (C=O) groups excluding carboxylic acids is 2. The van der Waals surface area contributed by atoms with Crippen molar-refractivity contribution in [2.75, 3.05) is 21.3 Å². The molecule has 0 aliphatic rings. The maximum absolute atomic E-state index is 13.1. The van der Waals surface area contributed by atoms with Gasteiger partial charge in [0.15, 0.2) is 0 Å². The van der Waals surface area contributed by atoms with Crippen LogP contribution >= 0.6 is 0 Å². The van der Waals surface area contributed by atoms with Crippen molar-refractivity contribution in [2.24, 2.45) is 0 Å². The molecule has 0 saturated heterocycles. The second-order valence-corrected chi connectivity index (χ2v) is 7.27. The van der Waals surface area contributed by atoms with Crippen molar-refractivity contribution >= 4 is 34.8 Å². The number of anilines is 4. The van der Waals surface area contributed by atoms with E-state index < -0.39 is 46.9 Å². The van der Waals surface area contributed by atoms with Crippen LogP contribution in [0.1, 0.15) is 16.7 Å². The van der Waals surface area contributed by atoms with Crippen molar-refractivity contribution in [3.8, 4) is 0 Å². The van der Waals surface area contributed by atoms with Crippen LogP contribution in [0.25, 0.3) is 0 Å². The van der Waals surface area contributed by atoms with Gasteiger partial charge in [0.1, 0.15) is 0 Å². The van der Waals surface area contributed by atoms with Crippen LogP contribution in [-0.4, -0.2) is 12.1 Å². The molecule has 4 N–H and O–H groups in total. The van der Waals surface area contributed by atoms with Crippen molar-refractivity contribution in [1.82, 2.24) is 0 Å². The van der Waals surface area contributed by atoms with Gasteiger partial charge in [0.2, 0.25) is 0 Å². The largest absolute Gasteiger partial charge is 0.418 e. The third kappa shape index (κ3) is 6.65. The molecule has 0 aliphatic carbocycles. The molecule has 0 fully saturated rings. The third-order valence-corrected chi connectivity index (χ3v) is 4.70. The highest BCUT2D eigenvalue weighted by atomic mass is 19.4. The predicted octanol–water partition coefficient (Wildman–Crippen LogP) is 7.32. The summed E-state index contributed by atoms with van der Waals surface area (Å²) in [6.07, 6.45) is -9.36. The Balaban J connectivity index is 1.71. The topological polar surface area (TPSA) is 82.3 Å². The van der Waals surface area contributed by atoms with E-state index in [0.717, 1.165) is 24.3 Å². The highest BCUT2D eigenvalue weighted by Crippen LogP contribution is 2.35. The number of urea groups is 2. The van der Waals surface area contributed by atoms with Gasteiger partial charge in [-0.05, 0) is 48.9 Å². The minimum atomic E-state index is -4.68. The number of para-hydroxylation sites is 2. The standard InChI is InChI=1S/C23H18F6N4O2/c1-13-10-11-14(30-20(34)31-17-8-4-2-6-15(17)22(24,25)26)12-19(13)33-21(35)32-18-9-5-3-7-16(18)23(27,28)29/h2-12H,1H3,(H2,30,31,34)(H2,32,33,35). The van der Waals surface area contributed by atoms with Crippen molar-refractivity contribution in [2.45, 2.75) is 19.3 Å². The number of alkyl halides is 6. The van der Waals surface area contributed by atoms with Crippen LogP contribution in [0.5, 0.6) is 0 Å². The molecule has 6 nitrogen and oxygen atoms in total. The SMILES string of the molecule is Cc1ccc(NC(=O)Nc2ccccc2C(F)(F)F)cc1NC(=O)Nc1ccccc1C(F)(F)F. The Morgan fingerprint density at radius 3 is 1.51 bits per heavy atom. The summed E-state index contributed by atoms with van der Waals surface area (Å²) in [6.45, 7) is 1.60. The Kier molecular flexibility index (Phi) is 7.22. The molecule has 3 rings (SSSR count). The molecular formula is C23H18F6N4O2. The van der Waals surface area contributed by atoms with E-state index in [1.807, 2.05) is 0 Å². The summed E-state index contributed by atoms with van der Waals surface area (Å²) in [7, 11) is 0. The number of benzene rings is 3. The molecule has 0 bridgehead atoms. The van der Waals surface area contributed by atoms with Crippen LogP contribution in [0.2, 0.25) is 0 Å². The lowest BCUT2D eigenvalue weighted by atomic mass is 10.1. The van der Waals surface area contributed by atoms with Gasteiger partial charge in [0, 0.05) is 11.4 Å². The Morgan fingerprint density at radius 1 is 0.600 bits per heavy atom. The van der Waals surface area contributed by atoms with Crippen LogP contribution in [0, 0.1) is 6.92 Å². The molecule has 184 valence electrons. The number of rotatable bonds is 4. The average molecular weight is 496 g/mol. The summed E-state index contributed by atoms with van der Waals surface area (Å²) in [5, 5.41) is 8.99. The molecule has 35 heavy (non-hydrogen) atoms. The van der Waals surface area contributed by atoms with E-state index in [0.29, 0.717) is 5.56 Å². The Hall–Kier alpha value is -4.22. The van der Waals surface area contributed by atoms with Gasteiger partial charge in [-0.25, -0.2) is 9.59 Å². The molecule has 12 heteroatoms. The maximum Gasteiger partial charge on any atom is 0.418 e. The highest BCUT2D eigenvalue weighted by molar-refractivity contribution is 6.03. The van der Waals surface area contributed by atoms with E-state index >= 15 is 0 Å². The average Bonchev–Trinajstić information content (AvgIpc) is 2.75. The molecule has 0 atom stereocenters. The van der Waals surface area contributed by atoms with E-state index in [2.05, 4.69) is 21.3 Å². The molecule has 0 radical (unpaired) electrons. The minimum Gasteiger partial charge on any atom is -0.308 e. The highest BCUT2D eigenvalue weighted by Gasteiger charge is 2.34. The minimum absolute atomic E-state index is 0.114. The zero-order valence-corrected chi connectivity index (χ0v) is 17.9. The van der Waals surface area contributed by atoms with Crippen LogP contribution in [-0.2, 0) is 12.4 Å². The molecule has 3 aromatic carbocycles. The van der Waals surface area contributed by atoms with Crippen molar-refractivity contribution in [3.63, 3.8) is 0 Å². The van der Waals surface area contributed by atoms with Gasteiger partial charge in [-0.2, -0.15) is 26.3 Å². The molecule has 4 amide bonds. The van der Waals surface area contributed by atoms with E-state index in [1.165, 1.54) is 42.5 Å². The smallest absolute Gasteiger partial charge is 0.308 e. The summed E-state index contributed by atoms with van der Waals surface area (Å²) < 4.78 is 78.7. The third-order valence-electron chi connectivity index (χ3n) is 4.70. The number of carbonyl (C=O) groups is 2. The number of nitrogens with one attached hydrogen (secondary N) is 4. The fourth-order valence-electron chi connectivity index (χ4n) is 3.07. The van der Waals surface area contributed by atoms with Crippen molar-refractivity contribution in [3.05, 3.63) is 83.4 Å². The maximum atomic E-state index is 13.1. The second-order valence-electron chi connectivity index (χ2n) is 7.27. The first kappa shape index (κ1) is 25.4. The molecule has 0 aliphatic heterocycles. The first-order valence-corrected chi connectivity index (χ1v) is 9.93. The van der Waals surface area contributed by atoms with E-state index in [-0.39, 0.29) is 11.4 Å².